The fourth-order valence-corrected chi connectivity index (χ4v) is 2.15. The number of hydrogen-bond donors (Lipinski definition) is 2. The Hall–Kier alpha value is -2.14. The van der Waals surface area contributed by atoms with E-state index in [1.165, 1.54) is 6.07 Å². The van der Waals surface area contributed by atoms with Crippen LogP contribution in [0.2, 0.25) is 0 Å². The van der Waals surface area contributed by atoms with E-state index in [0.29, 0.717) is 16.4 Å². The lowest BCUT2D eigenvalue weighted by atomic mass is 10.2. The predicted octanol–water partition coefficient (Wildman–Crippen LogP) is 4.26. The second-order valence-corrected chi connectivity index (χ2v) is 5.16. The van der Waals surface area contributed by atoms with Crippen LogP contribution in [-0.4, -0.2) is 12.2 Å². The fraction of sp³-hybridized carbons (Fsp3) is 0.188. The number of aryl methyl sites for hydroxylation is 2. The molecule has 0 spiro atoms. The first-order valence-corrected chi connectivity index (χ1v) is 6.89. The highest BCUT2D eigenvalue weighted by Crippen LogP contribution is 2.25. The van der Waals surface area contributed by atoms with Crippen LogP contribution in [-0.2, 0) is 0 Å². The van der Waals surface area contributed by atoms with E-state index >= 15 is 0 Å². The summed E-state index contributed by atoms with van der Waals surface area (Å²) in [5.41, 5.74) is 3.18. The van der Waals surface area contributed by atoms with Crippen LogP contribution in [0, 0.1) is 19.7 Å². The highest BCUT2D eigenvalue weighted by Gasteiger charge is 2.06. The number of nitrogens with one attached hydrogen (secondary N) is 2. The summed E-state index contributed by atoms with van der Waals surface area (Å²) in [7, 11) is 1.61. The number of halogens is 1. The molecule has 0 aliphatic rings. The van der Waals surface area contributed by atoms with Crippen molar-refractivity contribution < 1.29 is 9.13 Å². The largest absolute Gasteiger partial charge is 0.495 e. The average Bonchev–Trinajstić information content (AvgIpc) is 2.43. The Morgan fingerprint density at radius 1 is 1.10 bits per heavy atom. The Balaban J connectivity index is 2.11. The average molecular weight is 304 g/mol. The van der Waals surface area contributed by atoms with Crippen molar-refractivity contribution >= 4 is 28.7 Å². The van der Waals surface area contributed by atoms with Gasteiger partial charge in [0.25, 0.3) is 0 Å². The first kappa shape index (κ1) is 15.3. The van der Waals surface area contributed by atoms with Gasteiger partial charge in [0, 0.05) is 5.69 Å². The highest BCUT2D eigenvalue weighted by atomic mass is 32.1. The number of thiocarbonyl (C=S) groups is 1. The molecule has 2 aromatic carbocycles. The molecule has 0 amide bonds. The van der Waals surface area contributed by atoms with Crippen molar-refractivity contribution in [3.63, 3.8) is 0 Å². The van der Waals surface area contributed by atoms with Gasteiger partial charge in [-0.3, -0.25) is 0 Å². The molecular weight excluding hydrogens is 287 g/mol. The van der Waals surface area contributed by atoms with Crippen molar-refractivity contribution in [1.82, 2.24) is 0 Å². The van der Waals surface area contributed by atoms with Gasteiger partial charge in [-0.1, -0.05) is 6.07 Å². The first-order chi connectivity index (χ1) is 9.99. The molecule has 0 bridgehead atoms. The van der Waals surface area contributed by atoms with Gasteiger partial charge in [-0.05, 0) is 67.5 Å². The van der Waals surface area contributed by atoms with Crippen LogP contribution in [0.25, 0.3) is 0 Å². The topological polar surface area (TPSA) is 33.3 Å². The fourth-order valence-electron chi connectivity index (χ4n) is 1.93. The van der Waals surface area contributed by atoms with E-state index in [9.17, 15) is 4.39 Å². The van der Waals surface area contributed by atoms with Crippen LogP contribution >= 0.6 is 12.2 Å². The summed E-state index contributed by atoms with van der Waals surface area (Å²) in [6, 6.07) is 10.5. The lowest BCUT2D eigenvalue weighted by Crippen LogP contribution is -2.19. The van der Waals surface area contributed by atoms with Crippen LogP contribution < -0.4 is 15.4 Å². The van der Waals surface area contributed by atoms with Gasteiger partial charge in [-0.15, -0.1) is 0 Å². The molecule has 0 heterocycles. The van der Waals surface area contributed by atoms with Crippen LogP contribution in [0.3, 0.4) is 0 Å². The Kier molecular flexibility index (Phi) is 4.75. The number of rotatable bonds is 3. The molecule has 0 aliphatic heterocycles. The molecule has 2 N–H and O–H groups in total. The van der Waals surface area contributed by atoms with Crippen LogP contribution in [0.4, 0.5) is 15.8 Å². The number of ether oxygens (including phenoxy) is 1. The molecule has 3 nitrogen and oxygen atoms in total. The van der Waals surface area contributed by atoms with Crippen molar-refractivity contribution in [2.75, 3.05) is 17.7 Å². The van der Waals surface area contributed by atoms with Crippen molar-refractivity contribution in [2.24, 2.45) is 0 Å². The number of hydrogen-bond acceptors (Lipinski definition) is 2. The predicted molar refractivity (Wildman–Crippen MR) is 88.7 cm³/mol. The standard InChI is InChI=1S/C16H17FN2OS/c1-10-4-7-15(20-3)14(8-10)19-16(21)18-12-5-6-13(17)11(2)9-12/h4-9H,1-3H3,(H2,18,19,21). The maximum absolute atomic E-state index is 13.2. The zero-order valence-electron chi connectivity index (χ0n) is 12.2. The third-order valence-corrected chi connectivity index (χ3v) is 3.22. The Bertz CT molecular complexity index is 673. The molecule has 110 valence electrons. The summed E-state index contributed by atoms with van der Waals surface area (Å²) in [6.45, 7) is 3.70. The monoisotopic (exact) mass is 304 g/mol. The molecule has 0 aromatic heterocycles. The van der Waals surface area contributed by atoms with Gasteiger partial charge >= 0.3 is 0 Å². The maximum Gasteiger partial charge on any atom is 0.175 e. The lowest BCUT2D eigenvalue weighted by molar-refractivity contribution is 0.417. The lowest BCUT2D eigenvalue weighted by Gasteiger charge is -2.14. The molecule has 21 heavy (non-hydrogen) atoms. The van der Waals surface area contributed by atoms with E-state index in [0.717, 1.165) is 16.9 Å². The summed E-state index contributed by atoms with van der Waals surface area (Å²) in [5, 5.41) is 6.53. The van der Waals surface area contributed by atoms with E-state index in [-0.39, 0.29) is 5.82 Å². The Morgan fingerprint density at radius 3 is 2.52 bits per heavy atom. The van der Waals surface area contributed by atoms with E-state index in [2.05, 4.69) is 10.6 Å². The maximum atomic E-state index is 13.2. The normalized spacial score (nSPS) is 10.1. The molecule has 0 fully saturated rings. The van der Waals surface area contributed by atoms with Crippen LogP contribution in [0.5, 0.6) is 5.75 Å². The SMILES string of the molecule is COc1ccc(C)cc1NC(=S)Nc1ccc(F)c(C)c1. The zero-order chi connectivity index (χ0) is 15.4. The third kappa shape index (κ3) is 3.92. The summed E-state index contributed by atoms with van der Waals surface area (Å²) in [5.74, 6) is 0.472. The van der Waals surface area contributed by atoms with Gasteiger partial charge in [0.2, 0.25) is 0 Å². The van der Waals surface area contributed by atoms with Gasteiger partial charge in [0.1, 0.15) is 11.6 Å². The molecule has 0 unspecified atom stereocenters. The highest BCUT2D eigenvalue weighted by molar-refractivity contribution is 7.80. The van der Waals surface area contributed by atoms with E-state index in [1.807, 2.05) is 25.1 Å². The molecular formula is C16H17FN2OS. The molecule has 0 radical (unpaired) electrons. The quantitative estimate of drug-likeness (QED) is 0.830. The van der Waals surface area contributed by atoms with Gasteiger partial charge in [-0.25, -0.2) is 4.39 Å². The molecule has 2 rings (SSSR count). The van der Waals surface area contributed by atoms with Crippen LogP contribution in [0.15, 0.2) is 36.4 Å². The third-order valence-electron chi connectivity index (χ3n) is 3.02. The first-order valence-electron chi connectivity index (χ1n) is 6.48. The summed E-state index contributed by atoms with van der Waals surface area (Å²) >= 11 is 5.27. The Labute approximate surface area is 129 Å². The van der Waals surface area contributed by atoms with Crippen molar-refractivity contribution in [3.8, 4) is 5.75 Å². The van der Waals surface area contributed by atoms with E-state index in [4.69, 9.17) is 17.0 Å². The van der Waals surface area contributed by atoms with Gasteiger partial charge in [-0.2, -0.15) is 0 Å². The second-order valence-electron chi connectivity index (χ2n) is 4.75. The van der Waals surface area contributed by atoms with E-state index in [1.54, 1.807) is 26.2 Å². The Morgan fingerprint density at radius 2 is 1.86 bits per heavy atom. The minimum atomic E-state index is -0.236. The summed E-state index contributed by atoms with van der Waals surface area (Å²) < 4.78 is 18.5. The summed E-state index contributed by atoms with van der Waals surface area (Å²) in [6.07, 6.45) is 0. The van der Waals surface area contributed by atoms with Gasteiger partial charge in [0.15, 0.2) is 5.11 Å². The number of benzene rings is 2. The van der Waals surface area contributed by atoms with Crippen molar-refractivity contribution in [3.05, 3.63) is 53.3 Å². The summed E-state index contributed by atoms with van der Waals surface area (Å²) in [4.78, 5) is 0. The molecule has 0 aliphatic carbocycles. The minimum Gasteiger partial charge on any atom is -0.495 e. The number of methoxy groups -OCH3 is 1. The molecule has 0 saturated heterocycles. The molecule has 0 saturated carbocycles. The van der Waals surface area contributed by atoms with Crippen molar-refractivity contribution in [2.45, 2.75) is 13.8 Å². The van der Waals surface area contributed by atoms with E-state index < -0.39 is 0 Å². The minimum absolute atomic E-state index is 0.236. The van der Waals surface area contributed by atoms with Gasteiger partial charge in [0.05, 0.1) is 12.8 Å². The van der Waals surface area contributed by atoms with Crippen LogP contribution in [0.1, 0.15) is 11.1 Å². The van der Waals surface area contributed by atoms with Gasteiger partial charge < -0.3 is 15.4 Å². The van der Waals surface area contributed by atoms with Crippen molar-refractivity contribution in [1.29, 1.82) is 0 Å². The smallest absolute Gasteiger partial charge is 0.175 e. The number of anilines is 2. The molecule has 2 aromatic rings. The second kappa shape index (κ2) is 6.54. The molecule has 0 atom stereocenters. The zero-order valence-corrected chi connectivity index (χ0v) is 13.0. The molecule has 5 heteroatoms.